The lowest BCUT2D eigenvalue weighted by Crippen LogP contribution is -2.15. The first-order valence-corrected chi connectivity index (χ1v) is 8.82. The highest BCUT2D eigenvalue weighted by atomic mass is 16.5. The van der Waals surface area contributed by atoms with Crippen LogP contribution in [-0.2, 0) is 16.6 Å². The Labute approximate surface area is 159 Å². The van der Waals surface area contributed by atoms with Crippen LogP contribution < -0.4 is 10.1 Å². The summed E-state index contributed by atoms with van der Waals surface area (Å²) in [6, 6.07) is 15.6. The van der Waals surface area contributed by atoms with Crippen LogP contribution in [0.4, 0.5) is 5.95 Å². The lowest BCUT2D eigenvalue weighted by molar-refractivity contribution is -0.115. The van der Waals surface area contributed by atoms with Crippen LogP contribution in [0, 0.1) is 0 Å². The Hall–Kier alpha value is -3.15. The molecule has 0 aliphatic heterocycles. The van der Waals surface area contributed by atoms with E-state index in [1.54, 1.807) is 7.11 Å². The number of amides is 1. The van der Waals surface area contributed by atoms with Crippen LogP contribution in [0.15, 0.2) is 48.5 Å². The number of para-hydroxylation sites is 1. The SMILES string of the molecule is COc1ccccc1CC(=O)Nc1n[nH]c(-c2ccc(C(C)(C)C)cc2)n1. The van der Waals surface area contributed by atoms with E-state index in [-0.39, 0.29) is 23.7 Å². The van der Waals surface area contributed by atoms with Gasteiger partial charge in [-0.05, 0) is 17.0 Å². The number of aromatic amines is 1. The molecule has 0 bridgehead atoms. The van der Waals surface area contributed by atoms with Gasteiger partial charge in [-0.2, -0.15) is 4.98 Å². The molecule has 27 heavy (non-hydrogen) atoms. The van der Waals surface area contributed by atoms with Crippen molar-refractivity contribution in [1.82, 2.24) is 15.2 Å². The van der Waals surface area contributed by atoms with E-state index in [0.29, 0.717) is 11.6 Å². The zero-order valence-corrected chi connectivity index (χ0v) is 16.0. The molecule has 0 spiro atoms. The second-order valence-corrected chi connectivity index (χ2v) is 7.37. The zero-order valence-electron chi connectivity index (χ0n) is 16.0. The molecule has 3 aromatic rings. The molecule has 0 radical (unpaired) electrons. The maximum Gasteiger partial charge on any atom is 0.249 e. The molecule has 0 aliphatic rings. The van der Waals surface area contributed by atoms with Crippen molar-refractivity contribution in [3.8, 4) is 17.1 Å². The summed E-state index contributed by atoms with van der Waals surface area (Å²) < 4.78 is 5.27. The fraction of sp³-hybridized carbons (Fsp3) is 0.286. The molecule has 0 unspecified atom stereocenters. The standard InChI is InChI=1S/C21H24N4O2/c1-21(2,3)16-11-9-14(10-12-16)19-23-20(25-24-19)22-18(26)13-15-7-5-6-8-17(15)27-4/h5-12H,13H2,1-4H3,(H2,22,23,24,25,26). The van der Waals surface area contributed by atoms with Gasteiger partial charge < -0.3 is 4.74 Å². The average molecular weight is 364 g/mol. The Kier molecular flexibility index (Phi) is 5.26. The maximum atomic E-state index is 12.3. The summed E-state index contributed by atoms with van der Waals surface area (Å²) in [5.41, 5.74) is 3.07. The lowest BCUT2D eigenvalue weighted by atomic mass is 9.87. The summed E-state index contributed by atoms with van der Waals surface area (Å²) in [6.45, 7) is 6.52. The van der Waals surface area contributed by atoms with Gasteiger partial charge in [-0.15, -0.1) is 5.10 Å². The van der Waals surface area contributed by atoms with Crippen LogP contribution in [0.5, 0.6) is 5.75 Å². The summed E-state index contributed by atoms with van der Waals surface area (Å²) >= 11 is 0. The molecule has 3 rings (SSSR count). The van der Waals surface area contributed by atoms with Crippen LogP contribution in [0.3, 0.4) is 0 Å². The van der Waals surface area contributed by atoms with Crippen molar-refractivity contribution in [2.75, 3.05) is 12.4 Å². The number of carbonyl (C=O) groups excluding carboxylic acids is 1. The first-order valence-electron chi connectivity index (χ1n) is 8.82. The molecule has 2 N–H and O–H groups in total. The number of nitrogens with zero attached hydrogens (tertiary/aromatic N) is 2. The van der Waals surface area contributed by atoms with Crippen molar-refractivity contribution >= 4 is 11.9 Å². The summed E-state index contributed by atoms with van der Waals surface area (Å²) in [6.07, 6.45) is 0.189. The van der Waals surface area contributed by atoms with Crippen LogP contribution in [-0.4, -0.2) is 28.2 Å². The summed E-state index contributed by atoms with van der Waals surface area (Å²) in [5.74, 6) is 1.35. The number of H-pyrrole nitrogens is 1. The van der Waals surface area contributed by atoms with E-state index < -0.39 is 0 Å². The topological polar surface area (TPSA) is 79.9 Å². The molecule has 6 nitrogen and oxygen atoms in total. The van der Waals surface area contributed by atoms with Crippen molar-refractivity contribution in [3.05, 3.63) is 59.7 Å². The van der Waals surface area contributed by atoms with Crippen LogP contribution >= 0.6 is 0 Å². The molecule has 140 valence electrons. The Morgan fingerprint density at radius 1 is 1.11 bits per heavy atom. The van der Waals surface area contributed by atoms with Crippen molar-refractivity contribution in [3.63, 3.8) is 0 Å². The molecule has 1 aromatic heterocycles. The fourth-order valence-electron chi connectivity index (χ4n) is 2.77. The summed E-state index contributed by atoms with van der Waals surface area (Å²) in [7, 11) is 1.59. The number of carbonyl (C=O) groups is 1. The second-order valence-electron chi connectivity index (χ2n) is 7.37. The molecule has 1 heterocycles. The van der Waals surface area contributed by atoms with Gasteiger partial charge in [0, 0.05) is 11.1 Å². The van der Waals surface area contributed by atoms with Crippen LogP contribution in [0.1, 0.15) is 31.9 Å². The van der Waals surface area contributed by atoms with Gasteiger partial charge in [0.15, 0.2) is 5.82 Å². The summed E-state index contributed by atoms with van der Waals surface area (Å²) in [5, 5.41) is 9.68. The molecule has 1 amide bonds. The summed E-state index contributed by atoms with van der Waals surface area (Å²) in [4.78, 5) is 16.7. The molecule has 0 atom stereocenters. The highest BCUT2D eigenvalue weighted by Crippen LogP contribution is 2.25. The van der Waals surface area contributed by atoms with Crippen molar-refractivity contribution in [2.45, 2.75) is 32.6 Å². The minimum atomic E-state index is -0.201. The Morgan fingerprint density at radius 2 is 1.81 bits per heavy atom. The van der Waals surface area contributed by atoms with Crippen LogP contribution in [0.2, 0.25) is 0 Å². The van der Waals surface area contributed by atoms with E-state index >= 15 is 0 Å². The number of aromatic nitrogens is 3. The van der Waals surface area contributed by atoms with Crippen LogP contribution in [0.25, 0.3) is 11.4 Å². The number of benzene rings is 2. The van der Waals surface area contributed by atoms with Gasteiger partial charge in [-0.25, -0.2) is 0 Å². The zero-order chi connectivity index (χ0) is 19.4. The van der Waals surface area contributed by atoms with Gasteiger partial charge in [0.05, 0.1) is 13.5 Å². The van der Waals surface area contributed by atoms with Crippen molar-refractivity contribution in [2.24, 2.45) is 0 Å². The largest absolute Gasteiger partial charge is 0.496 e. The third-order valence-corrected chi connectivity index (χ3v) is 4.30. The number of methoxy groups -OCH3 is 1. The minimum Gasteiger partial charge on any atom is -0.496 e. The molecule has 2 aromatic carbocycles. The predicted molar refractivity (Wildman–Crippen MR) is 106 cm³/mol. The Bertz CT molecular complexity index is 924. The Morgan fingerprint density at radius 3 is 2.48 bits per heavy atom. The van der Waals surface area contributed by atoms with E-state index in [0.717, 1.165) is 11.1 Å². The van der Waals surface area contributed by atoms with E-state index in [1.807, 2.05) is 36.4 Å². The number of rotatable bonds is 5. The quantitative estimate of drug-likeness (QED) is 0.718. The van der Waals surface area contributed by atoms with Gasteiger partial charge in [0.25, 0.3) is 0 Å². The van der Waals surface area contributed by atoms with Gasteiger partial charge in [-0.3, -0.25) is 15.2 Å². The van der Waals surface area contributed by atoms with Gasteiger partial charge in [0.2, 0.25) is 11.9 Å². The minimum absolute atomic E-state index is 0.0948. The van der Waals surface area contributed by atoms with Crippen molar-refractivity contribution < 1.29 is 9.53 Å². The fourth-order valence-corrected chi connectivity index (χ4v) is 2.77. The number of hydrogen-bond donors (Lipinski definition) is 2. The first kappa shape index (κ1) is 18.6. The highest BCUT2D eigenvalue weighted by molar-refractivity contribution is 5.91. The molecule has 0 saturated heterocycles. The monoisotopic (exact) mass is 364 g/mol. The smallest absolute Gasteiger partial charge is 0.249 e. The third kappa shape index (κ3) is 4.53. The predicted octanol–water partition coefficient (Wildman–Crippen LogP) is 3.96. The molecule has 0 fully saturated rings. The molecular formula is C21H24N4O2. The van der Waals surface area contributed by atoms with Crippen molar-refractivity contribution in [1.29, 1.82) is 0 Å². The van der Waals surface area contributed by atoms with Gasteiger partial charge >= 0.3 is 0 Å². The van der Waals surface area contributed by atoms with E-state index in [2.05, 4.69) is 53.4 Å². The first-order chi connectivity index (χ1) is 12.9. The van der Waals surface area contributed by atoms with E-state index in [1.165, 1.54) is 5.56 Å². The molecular weight excluding hydrogens is 340 g/mol. The number of anilines is 1. The second kappa shape index (κ2) is 7.61. The normalized spacial score (nSPS) is 11.3. The number of hydrogen-bond acceptors (Lipinski definition) is 4. The number of nitrogens with one attached hydrogen (secondary N) is 2. The Balaban J connectivity index is 1.68. The van der Waals surface area contributed by atoms with Gasteiger partial charge in [-0.1, -0.05) is 63.2 Å². The lowest BCUT2D eigenvalue weighted by Gasteiger charge is -2.18. The van der Waals surface area contributed by atoms with Gasteiger partial charge in [0.1, 0.15) is 5.75 Å². The van der Waals surface area contributed by atoms with E-state index in [9.17, 15) is 4.79 Å². The van der Waals surface area contributed by atoms with E-state index in [4.69, 9.17) is 4.74 Å². The molecule has 6 heteroatoms. The third-order valence-electron chi connectivity index (χ3n) is 4.30. The molecule has 0 aliphatic carbocycles. The maximum absolute atomic E-state index is 12.3. The molecule has 0 saturated carbocycles. The highest BCUT2D eigenvalue weighted by Gasteiger charge is 2.15. The number of ether oxygens (including phenoxy) is 1. The average Bonchev–Trinajstić information content (AvgIpc) is 3.10.